The van der Waals surface area contributed by atoms with Crippen molar-refractivity contribution in [2.24, 2.45) is 0 Å². The molecule has 0 aromatic heterocycles. The van der Waals surface area contributed by atoms with Crippen molar-refractivity contribution in [1.29, 1.82) is 0 Å². The van der Waals surface area contributed by atoms with Crippen LogP contribution in [0.25, 0.3) is 0 Å². The van der Waals surface area contributed by atoms with Crippen molar-refractivity contribution < 1.29 is 4.79 Å². The van der Waals surface area contributed by atoms with Gasteiger partial charge in [0.25, 0.3) is 0 Å². The van der Waals surface area contributed by atoms with Crippen LogP contribution in [0.5, 0.6) is 0 Å². The van der Waals surface area contributed by atoms with Crippen molar-refractivity contribution in [1.82, 2.24) is 15.1 Å². The summed E-state index contributed by atoms with van der Waals surface area (Å²) in [5.41, 5.74) is 0. The summed E-state index contributed by atoms with van der Waals surface area (Å²) in [5.74, 6) is 0.189. The number of likely N-dealkylation sites (tertiary alicyclic amines) is 1. The van der Waals surface area contributed by atoms with E-state index in [2.05, 4.69) is 10.2 Å². The van der Waals surface area contributed by atoms with Crippen LogP contribution in [-0.4, -0.2) is 61.5 Å². The monoisotopic (exact) mass is 241 g/mol. The molecule has 0 aromatic rings. The van der Waals surface area contributed by atoms with Gasteiger partial charge in [0, 0.05) is 13.6 Å². The standard InChI is InChI=1S/C13H27N3O/c1-4-15(3)13(17)12(2)14-8-7-11-16-9-5-6-10-16/h12,14H,4-11H2,1-3H3. The number of likely N-dealkylation sites (N-methyl/N-ethyl adjacent to an activating group) is 1. The number of hydrogen-bond acceptors (Lipinski definition) is 3. The number of carbonyl (C=O) groups excluding carboxylic acids is 1. The maximum atomic E-state index is 11.8. The highest BCUT2D eigenvalue weighted by atomic mass is 16.2. The van der Waals surface area contributed by atoms with Crippen LogP contribution in [0.1, 0.15) is 33.1 Å². The van der Waals surface area contributed by atoms with E-state index in [4.69, 9.17) is 0 Å². The Bertz CT molecular complexity index is 227. The Hall–Kier alpha value is -0.610. The maximum Gasteiger partial charge on any atom is 0.239 e. The van der Waals surface area contributed by atoms with E-state index in [0.29, 0.717) is 0 Å². The van der Waals surface area contributed by atoms with Gasteiger partial charge >= 0.3 is 0 Å². The molecule has 1 aliphatic heterocycles. The molecule has 4 nitrogen and oxygen atoms in total. The van der Waals surface area contributed by atoms with Crippen molar-refractivity contribution in [2.75, 3.05) is 39.8 Å². The molecule has 4 heteroatoms. The molecule has 0 aromatic carbocycles. The van der Waals surface area contributed by atoms with Gasteiger partial charge in [-0.2, -0.15) is 0 Å². The van der Waals surface area contributed by atoms with E-state index in [1.807, 2.05) is 20.9 Å². The zero-order valence-electron chi connectivity index (χ0n) is 11.5. The molecule has 1 amide bonds. The molecule has 1 saturated heterocycles. The van der Waals surface area contributed by atoms with E-state index in [1.165, 1.54) is 25.9 Å². The highest BCUT2D eigenvalue weighted by Crippen LogP contribution is 2.06. The Morgan fingerprint density at radius 1 is 1.41 bits per heavy atom. The summed E-state index contributed by atoms with van der Waals surface area (Å²) in [6.45, 7) is 9.33. The second-order valence-electron chi connectivity index (χ2n) is 4.93. The van der Waals surface area contributed by atoms with Gasteiger partial charge in [0.05, 0.1) is 6.04 Å². The van der Waals surface area contributed by atoms with Crippen LogP contribution >= 0.6 is 0 Å². The van der Waals surface area contributed by atoms with Gasteiger partial charge in [0.2, 0.25) is 5.91 Å². The minimum absolute atomic E-state index is 0.0569. The first-order chi connectivity index (χ1) is 8.15. The quantitative estimate of drug-likeness (QED) is 0.674. The zero-order chi connectivity index (χ0) is 12.7. The fourth-order valence-electron chi connectivity index (χ4n) is 2.20. The summed E-state index contributed by atoms with van der Waals surface area (Å²) in [7, 11) is 1.85. The average molecular weight is 241 g/mol. The molecule has 17 heavy (non-hydrogen) atoms. The first-order valence-corrected chi connectivity index (χ1v) is 6.86. The molecule has 1 heterocycles. The summed E-state index contributed by atoms with van der Waals surface area (Å²) < 4.78 is 0. The predicted molar refractivity (Wildman–Crippen MR) is 71.1 cm³/mol. The lowest BCUT2D eigenvalue weighted by molar-refractivity contribution is -0.131. The molecule has 0 spiro atoms. The van der Waals surface area contributed by atoms with Gasteiger partial charge < -0.3 is 15.1 Å². The van der Waals surface area contributed by atoms with E-state index in [1.54, 1.807) is 4.90 Å². The van der Waals surface area contributed by atoms with Crippen LogP contribution in [0.15, 0.2) is 0 Å². The van der Waals surface area contributed by atoms with Crippen molar-refractivity contribution >= 4 is 5.91 Å². The molecular weight excluding hydrogens is 214 g/mol. The van der Waals surface area contributed by atoms with Crippen LogP contribution in [0.2, 0.25) is 0 Å². The van der Waals surface area contributed by atoms with Crippen LogP contribution < -0.4 is 5.32 Å². The number of carbonyl (C=O) groups is 1. The number of hydrogen-bond donors (Lipinski definition) is 1. The molecule has 0 aliphatic carbocycles. The number of rotatable bonds is 7. The predicted octanol–water partition coefficient (Wildman–Crippen LogP) is 0.929. The number of nitrogens with one attached hydrogen (secondary N) is 1. The summed E-state index contributed by atoms with van der Waals surface area (Å²) in [6, 6.07) is -0.0569. The Balaban J connectivity index is 2.06. The molecule has 1 aliphatic rings. The van der Waals surface area contributed by atoms with Crippen molar-refractivity contribution in [3.05, 3.63) is 0 Å². The summed E-state index contributed by atoms with van der Waals surface area (Å²) in [4.78, 5) is 16.0. The Morgan fingerprint density at radius 3 is 2.65 bits per heavy atom. The lowest BCUT2D eigenvalue weighted by Gasteiger charge is -2.21. The van der Waals surface area contributed by atoms with E-state index >= 15 is 0 Å². The highest BCUT2D eigenvalue weighted by molar-refractivity contribution is 5.81. The van der Waals surface area contributed by atoms with Crippen molar-refractivity contribution in [2.45, 2.75) is 39.2 Å². The van der Waals surface area contributed by atoms with Gasteiger partial charge in [-0.3, -0.25) is 4.79 Å². The molecule has 1 fully saturated rings. The third-order valence-electron chi connectivity index (χ3n) is 3.52. The van der Waals surface area contributed by atoms with Gasteiger partial charge in [-0.15, -0.1) is 0 Å². The smallest absolute Gasteiger partial charge is 0.239 e. The Labute approximate surface area is 105 Å². The van der Waals surface area contributed by atoms with Crippen LogP contribution in [0.4, 0.5) is 0 Å². The average Bonchev–Trinajstić information content (AvgIpc) is 2.85. The third kappa shape index (κ3) is 5.04. The van der Waals surface area contributed by atoms with E-state index in [0.717, 1.165) is 26.1 Å². The summed E-state index contributed by atoms with van der Waals surface area (Å²) in [6.07, 6.45) is 3.83. The minimum Gasteiger partial charge on any atom is -0.345 e. The van der Waals surface area contributed by atoms with Crippen LogP contribution in [-0.2, 0) is 4.79 Å². The van der Waals surface area contributed by atoms with Crippen LogP contribution in [0.3, 0.4) is 0 Å². The second-order valence-corrected chi connectivity index (χ2v) is 4.93. The second kappa shape index (κ2) is 7.67. The summed E-state index contributed by atoms with van der Waals surface area (Å²) >= 11 is 0. The molecular formula is C13H27N3O. The molecule has 1 rings (SSSR count). The largest absolute Gasteiger partial charge is 0.345 e. The van der Waals surface area contributed by atoms with Gasteiger partial charge in [-0.25, -0.2) is 0 Å². The fourth-order valence-corrected chi connectivity index (χ4v) is 2.20. The number of amides is 1. The van der Waals surface area contributed by atoms with Gasteiger partial charge in [-0.1, -0.05) is 0 Å². The van der Waals surface area contributed by atoms with Crippen LogP contribution in [0, 0.1) is 0 Å². The van der Waals surface area contributed by atoms with Gasteiger partial charge in [-0.05, 0) is 59.3 Å². The maximum absolute atomic E-state index is 11.8. The topological polar surface area (TPSA) is 35.6 Å². The molecule has 1 atom stereocenters. The molecule has 100 valence electrons. The summed E-state index contributed by atoms with van der Waals surface area (Å²) in [5, 5.41) is 3.30. The van der Waals surface area contributed by atoms with Gasteiger partial charge in [0.1, 0.15) is 0 Å². The fraction of sp³-hybridized carbons (Fsp3) is 0.923. The first kappa shape index (κ1) is 14.5. The lowest BCUT2D eigenvalue weighted by Crippen LogP contribution is -2.43. The normalized spacial score (nSPS) is 18.3. The molecule has 1 N–H and O–H groups in total. The SMILES string of the molecule is CCN(C)C(=O)C(C)NCCCN1CCCC1. The highest BCUT2D eigenvalue weighted by Gasteiger charge is 2.15. The molecule has 1 unspecified atom stereocenters. The molecule has 0 saturated carbocycles. The van der Waals surface area contributed by atoms with E-state index < -0.39 is 0 Å². The zero-order valence-corrected chi connectivity index (χ0v) is 11.5. The molecule has 0 radical (unpaired) electrons. The van der Waals surface area contributed by atoms with Gasteiger partial charge in [0.15, 0.2) is 0 Å². The van der Waals surface area contributed by atoms with Crippen molar-refractivity contribution in [3.63, 3.8) is 0 Å². The van der Waals surface area contributed by atoms with E-state index in [9.17, 15) is 4.79 Å². The Morgan fingerprint density at radius 2 is 2.06 bits per heavy atom. The van der Waals surface area contributed by atoms with Crippen molar-refractivity contribution in [3.8, 4) is 0 Å². The Kier molecular flexibility index (Phi) is 6.52. The first-order valence-electron chi connectivity index (χ1n) is 6.86. The minimum atomic E-state index is -0.0569. The number of nitrogens with zero attached hydrogens (tertiary/aromatic N) is 2. The molecule has 0 bridgehead atoms. The lowest BCUT2D eigenvalue weighted by atomic mass is 10.2. The van der Waals surface area contributed by atoms with E-state index in [-0.39, 0.29) is 11.9 Å². The third-order valence-corrected chi connectivity index (χ3v) is 3.52.